The molecule has 0 saturated heterocycles. The van der Waals surface area contributed by atoms with Gasteiger partial charge in [-0.3, -0.25) is 0 Å². The van der Waals surface area contributed by atoms with E-state index in [1.165, 1.54) is 22.3 Å². The van der Waals surface area contributed by atoms with E-state index in [0.717, 1.165) is 10.6 Å². The van der Waals surface area contributed by atoms with Crippen molar-refractivity contribution in [2.24, 2.45) is 0 Å². The largest absolute Gasteiger partial charge is 0.496 e. The standard InChI is InChI=1S/C15H17ClOS/c1-9-7-10(2)13(11(3)8-9)14(16)15-12(17-4)5-6-18-15/h5-8,14H,1-4H3. The van der Waals surface area contributed by atoms with Crippen LogP contribution in [0.2, 0.25) is 0 Å². The summed E-state index contributed by atoms with van der Waals surface area (Å²) in [5, 5.41) is 1.88. The molecule has 96 valence electrons. The van der Waals surface area contributed by atoms with Crippen LogP contribution in [0.1, 0.15) is 32.5 Å². The Hall–Kier alpha value is -0.990. The van der Waals surface area contributed by atoms with Crippen LogP contribution in [-0.2, 0) is 0 Å². The summed E-state index contributed by atoms with van der Waals surface area (Å²) in [6, 6.07) is 6.32. The molecule has 0 radical (unpaired) electrons. The van der Waals surface area contributed by atoms with E-state index in [9.17, 15) is 0 Å². The van der Waals surface area contributed by atoms with E-state index in [1.807, 2.05) is 11.4 Å². The minimum Gasteiger partial charge on any atom is -0.496 e. The lowest BCUT2D eigenvalue weighted by molar-refractivity contribution is 0.412. The second-order valence-corrected chi connectivity index (χ2v) is 5.91. The maximum atomic E-state index is 6.65. The van der Waals surface area contributed by atoms with Crippen molar-refractivity contribution in [2.45, 2.75) is 26.1 Å². The lowest BCUT2D eigenvalue weighted by atomic mass is 9.96. The van der Waals surface area contributed by atoms with Crippen LogP contribution in [0.25, 0.3) is 0 Å². The number of aryl methyl sites for hydroxylation is 3. The van der Waals surface area contributed by atoms with Crippen LogP contribution in [0.4, 0.5) is 0 Å². The van der Waals surface area contributed by atoms with Gasteiger partial charge in [-0.1, -0.05) is 17.7 Å². The van der Waals surface area contributed by atoms with Gasteiger partial charge in [0.2, 0.25) is 0 Å². The minimum absolute atomic E-state index is 0.138. The number of benzene rings is 1. The van der Waals surface area contributed by atoms with Crippen molar-refractivity contribution in [3.8, 4) is 5.75 Å². The van der Waals surface area contributed by atoms with Crippen LogP contribution in [0.5, 0.6) is 5.75 Å². The van der Waals surface area contributed by atoms with Crippen molar-refractivity contribution in [3.05, 3.63) is 50.7 Å². The third kappa shape index (κ3) is 2.40. The summed E-state index contributed by atoms with van der Waals surface area (Å²) in [5.74, 6) is 0.874. The molecule has 0 spiro atoms. The topological polar surface area (TPSA) is 9.23 Å². The molecule has 1 nitrogen and oxygen atoms in total. The normalized spacial score (nSPS) is 12.5. The van der Waals surface area contributed by atoms with Crippen molar-refractivity contribution in [2.75, 3.05) is 7.11 Å². The summed E-state index contributed by atoms with van der Waals surface area (Å²) >= 11 is 8.29. The minimum atomic E-state index is -0.138. The predicted octanol–water partition coefficient (Wildman–Crippen LogP) is 5.01. The van der Waals surface area contributed by atoms with Crippen LogP contribution in [0.3, 0.4) is 0 Å². The Balaban J connectivity index is 2.49. The first kappa shape index (κ1) is 13.4. The molecule has 0 amide bonds. The van der Waals surface area contributed by atoms with Gasteiger partial charge >= 0.3 is 0 Å². The molecule has 2 rings (SSSR count). The van der Waals surface area contributed by atoms with Crippen LogP contribution >= 0.6 is 22.9 Å². The Bertz CT molecular complexity index is 536. The first-order valence-corrected chi connectivity index (χ1v) is 7.19. The van der Waals surface area contributed by atoms with E-state index in [0.29, 0.717) is 0 Å². The summed E-state index contributed by atoms with van der Waals surface area (Å²) in [7, 11) is 1.68. The Morgan fingerprint density at radius 2 is 1.78 bits per heavy atom. The molecule has 0 aliphatic carbocycles. The highest BCUT2D eigenvalue weighted by Gasteiger charge is 2.20. The second kappa shape index (κ2) is 5.33. The van der Waals surface area contributed by atoms with Gasteiger partial charge in [-0.15, -0.1) is 22.9 Å². The Morgan fingerprint density at radius 1 is 1.17 bits per heavy atom. The molecular formula is C15H17ClOS. The SMILES string of the molecule is COc1ccsc1C(Cl)c1c(C)cc(C)cc1C. The number of rotatable bonds is 3. The van der Waals surface area contributed by atoms with Crippen molar-refractivity contribution < 1.29 is 4.74 Å². The van der Waals surface area contributed by atoms with Gasteiger partial charge in [0.15, 0.2) is 0 Å². The van der Waals surface area contributed by atoms with E-state index < -0.39 is 0 Å². The highest BCUT2D eigenvalue weighted by Crippen LogP contribution is 2.41. The Labute approximate surface area is 117 Å². The number of methoxy groups -OCH3 is 1. The molecular weight excluding hydrogens is 264 g/mol. The van der Waals surface area contributed by atoms with Gasteiger partial charge in [0, 0.05) is 0 Å². The quantitative estimate of drug-likeness (QED) is 0.718. The number of hydrogen-bond donors (Lipinski definition) is 0. The van der Waals surface area contributed by atoms with Crippen LogP contribution in [0.15, 0.2) is 23.6 Å². The molecule has 0 fully saturated rings. The van der Waals surface area contributed by atoms with Crippen LogP contribution in [0, 0.1) is 20.8 Å². The van der Waals surface area contributed by atoms with Crippen molar-refractivity contribution in [1.29, 1.82) is 0 Å². The van der Waals surface area contributed by atoms with Crippen molar-refractivity contribution in [3.63, 3.8) is 0 Å². The molecule has 1 atom stereocenters. The smallest absolute Gasteiger partial charge is 0.134 e. The maximum absolute atomic E-state index is 6.65. The average molecular weight is 281 g/mol. The van der Waals surface area contributed by atoms with E-state index >= 15 is 0 Å². The molecule has 0 N–H and O–H groups in total. The van der Waals surface area contributed by atoms with Gasteiger partial charge in [0.1, 0.15) is 5.75 Å². The molecule has 1 unspecified atom stereocenters. The molecule has 0 aliphatic heterocycles. The fourth-order valence-electron chi connectivity index (χ4n) is 2.38. The predicted molar refractivity (Wildman–Crippen MR) is 79.2 cm³/mol. The van der Waals surface area contributed by atoms with Gasteiger partial charge in [0.05, 0.1) is 17.4 Å². The second-order valence-electron chi connectivity index (χ2n) is 4.53. The number of alkyl halides is 1. The fraction of sp³-hybridized carbons (Fsp3) is 0.333. The average Bonchev–Trinajstić information content (AvgIpc) is 2.75. The summed E-state index contributed by atoms with van der Waals surface area (Å²) in [4.78, 5) is 1.08. The van der Waals surface area contributed by atoms with Crippen molar-refractivity contribution >= 4 is 22.9 Å². The molecule has 0 bridgehead atoms. The highest BCUT2D eigenvalue weighted by atomic mass is 35.5. The number of hydrogen-bond acceptors (Lipinski definition) is 2. The molecule has 3 heteroatoms. The zero-order valence-electron chi connectivity index (χ0n) is 11.1. The molecule has 18 heavy (non-hydrogen) atoms. The molecule has 2 aromatic rings. The third-order valence-corrected chi connectivity index (χ3v) is 4.63. The van der Waals surface area contributed by atoms with Gasteiger partial charge in [-0.2, -0.15) is 0 Å². The highest BCUT2D eigenvalue weighted by molar-refractivity contribution is 7.10. The molecule has 1 aromatic heterocycles. The first-order chi connectivity index (χ1) is 8.54. The molecule has 0 aliphatic rings. The summed E-state index contributed by atoms with van der Waals surface area (Å²) < 4.78 is 5.36. The van der Waals surface area contributed by atoms with Gasteiger partial charge < -0.3 is 4.74 Å². The van der Waals surface area contributed by atoms with E-state index in [-0.39, 0.29) is 5.38 Å². The summed E-state index contributed by atoms with van der Waals surface area (Å²) in [6.45, 7) is 6.34. The van der Waals surface area contributed by atoms with Gasteiger partial charge in [-0.25, -0.2) is 0 Å². The van der Waals surface area contributed by atoms with Crippen molar-refractivity contribution in [1.82, 2.24) is 0 Å². The van der Waals surface area contributed by atoms with Gasteiger partial charge in [-0.05, 0) is 48.9 Å². The fourth-order valence-corrected chi connectivity index (χ4v) is 3.83. The lowest BCUT2D eigenvalue weighted by Crippen LogP contribution is -2.00. The van der Waals surface area contributed by atoms with Crippen LogP contribution in [-0.4, -0.2) is 7.11 Å². The summed E-state index contributed by atoms with van der Waals surface area (Å²) in [5.41, 5.74) is 4.95. The third-order valence-electron chi connectivity index (χ3n) is 3.10. The van der Waals surface area contributed by atoms with E-state index in [1.54, 1.807) is 18.4 Å². The Morgan fingerprint density at radius 3 is 2.33 bits per heavy atom. The molecule has 1 heterocycles. The summed E-state index contributed by atoms with van der Waals surface area (Å²) in [6.07, 6.45) is 0. The van der Waals surface area contributed by atoms with Gasteiger partial charge in [0.25, 0.3) is 0 Å². The number of thiophene rings is 1. The Kier molecular flexibility index (Phi) is 3.98. The zero-order valence-corrected chi connectivity index (χ0v) is 12.7. The maximum Gasteiger partial charge on any atom is 0.134 e. The van der Waals surface area contributed by atoms with Crippen LogP contribution < -0.4 is 4.74 Å². The molecule has 0 saturated carbocycles. The van der Waals surface area contributed by atoms with E-state index in [2.05, 4.69) is 32.9 Å². The molecule has 1 aromatic carbocycles. The lowest BCUT2D eigenvalue weighted by Gasteiger charge is -2.16. The number of ether oxygens (including phenoxy) is 1. The zero-order chi connectivity index (χ0) is 13.3. The number of halogens is 1. The monoisotopic (exact) mass is 280 g/mol. The van der Waals surface area contributed by atoms with E-state index in [4.69, 9.17) is 16.3 Å². The first-order valence-electron chi connectivity index (χ1n) is 5.87.